The number of nitrogens with zero attached hydrogens (tertiary/aromatic N) is 3. The summed E-state index contributed by atoms with van der Waals surface area (Å²) in [7, 11) is 0. The van der Waals surface area contributed by atoms with Crippen LogP contribution in [0.15, 0.2) is 60.9 Å². The molecule has 1 unspecified atom stereocenters. The Hall–Kier alpha value is -2.76. The number of ether oxygens (including phenoxy) is 1. The van der Waals surface area contributed by atoms with E-state index in [0.29, 0.717) is 5.92 Å². The van der Waals surface area contributed by atoms with Gasteiger partial charge in [0.1, 0.15) is 0 Å². The Kier molecular flexibility index (Phi) is 6.98. The van der Waals surface area contributed by atoms with Gasteiger partial charge in [0.05, 0.1) is 13.2 Å². The number of hydrogen-bond donors (Lipinski definition) is 0. The Labute approximate surface area is 196 Å². The predicted octanol–water partition coefficient (Wildman–Crippen LogP) is 4.55. The third-order valence-corrected chi connectivity index (χ3v) is 7.16. The molecule has 5 heteroatoms. The highest BCUT2D eigenvalue weighted by atomic mass is 16.5. The number of pyridine rings is 1. The zero-order valence-electron chi connectivity index (χ0n) is 19.3. The van der Waals surface area contributed by atoms with Crippen molar-refractivity contribution in [3.05, 3.63) is 77.6 Å². The monoisotopic (exact) mass is 443 g/mol. The molecule has 1 aromatic heterocycles. The molecule has 2 aliphatic rings. The second-order valence-corrected chi connectivity index (χ2v) is 9.35. The molecule has 1 atom stereocenters. The van der Waals surface area contributed by atoms with Crippen LogP contribution in [0.3, 0.4) is 0 Å². The number of carbonyl (C=O) groups excluding carboxylic acids is 1. The van der Waals surface area contributed by atoms with Crippen molar-refractivity contribution in [2.24, 2.45) is 5.92 Å². The Balaban J connectivity index is 1.25. The average Bonchev–Trinajstić information content (AvgIpc) is 3.10. The molecule has 3 aromatic rings. The molecule has 2 fully saturated rings. The van der Waals surface area contributed by atoms with Gasteiger partial charge in [0.25, 0.3) is 5.91 Å². The first-order chi connectivity index (χ1) is 16.3. The van der Waals surface area contributed by atoms with Gasteiger partial charge in [-0.2, -0.15) is 0 Å². The van der Waals surface area contributed by atoms with Crippen molar-refractivity contribution in [2.45, 2.75) is 32.2 Å². The van der Waals surface area contributed by atoms with E-state index >= 15 is 0 Å². The van der Waals surface area contributed by atoms with E-state index in [0.717, 1.165) is 76.3 Å². The van der Waals surface area contributed by atoms with Crippen LogP contribution >= 0.6 is 0 Å². The number of rotatable bonds is 5. The van der Waals surface area contributed by atoms with Gasteiger partial charge < -0.3 is 9.64 Å². The number of carbonyl (C=O) groups is 1. The largest absolute Gasteiger partial charge is 0.379 e. The van der Waals surface area contributed by atoms with Gasteiger partial charge in [0.15, 0.2) is 0 Å². The summed E-state index contributed by atoms with van der Waals surface area (Å²) in [5.74, 6) is 0.793. The van der Waals surface area contributed by atoms with E-state index in [2.05, 4.69) is 45.1 Å². The SMILES string of the molecule is O=C(c1ccccc1CN1CCOCC1)N1CCCC(Cc2cccc3cnccc23)CC1. The minimum absolute atomic E-state index is 0.191. The van der Waals surface area contributed by atoms with E-state index in [9.17, 15) is 4.79 Å². The third-order valence-electron chi connectivity index (χ3n) is 7.16. The predicted molar refractivity (Wildman–Crippen MR) is 131 cm³/mol. The van der Waals surface area contributed by atoms with Crippen molar-refractivity contribution >= 4 is 16.7 Å². The summed E-state index contributed by atoms with van der Waals surface area (Å²) in [6, 6.07) is 16.8. The van der Waals surface area contributed by atoms with Gasteiger partial charge in [0.2, 0.25) is 0 Å². The fourth-order valence-electron chi connectivity index (χ4n) is 5.29. The zero-order chi connectivity index (χ0) is 22.5. The van der Waals surface area contributed by atoms with Crippen LogP contribution in [-0.4, -0.2) is 60.1 Å². The smallest absolute Gasteiger partial charge is 0.254 e. The number of hydrogen-bond acceptors (Lipinski definition) is 4. The van der Waals surface area contributed by atoms with Crippen molar-refractivity contribution in [1.82, 2.24) is 14.8 Å². The van der Waals surface area contributed by atoms with Gasteiger partial charge in [0, 0.05) is 56.1 Å². The summed E-state index contributed by atoms with van der Waals surface area (Å²) in [5, 5.41) is 2.51. The first-order valence-corrected chi connectivity index (χ1v) is 12.3. The fraction of sp³-hybridized carbons (Fsp3) is 0.429. The number of fused-ring (bicyclic) bond motifs is 1. The first kappa shape index (κ1) is 22.1. The summed E-state index contributed by atoms with van der Waals surface area (Å²) < 4.78 is 5.48. The molecule has 2 saturated heterocycles. The highest BCUT2D eigenvalue weighted by Crippen LogP contribution is 2.27. The maximum Gasteiger partial charge on any atom is 0.254 e. The molecule has 0 aliphatic carbocycles. The fourth-order valence-corrected chi connectivity index (χ4v) is 5.29. The molecule has 172 valence electrons. The molecule has 0 bridgehead atoms. The standard InChI is InChI=1S/C28H33N3O2/c32-28(27-9-2-1-6-25(27)21-30-15-17-33-18-16-30)31-13-4-5-22(11-14-31)19-23-7-3-8-24-20-29-12-10-26(23)24/h1-3,6-10,12,20,22H,4-5,11,13-19,21H2. The number of morpholine rings is 1. The van der Waals surface area contributed by atoms with Gasteiger partial charge in [-0.3, -0.25) is 14.7 Å². The molecule has 2 aliphatic heterocycles. The van der Waals surface area contributed by atoms with Crippen LogP contribution in [0.5, 0.6) is 0 Å². The Bertz CT molecular complexity index is 1090. The third kappa shape index (κ3) is 5.26. The lowest BCUT2D eigenvalue weighted by Gasteiger charge is -2.28. The molecule has 5 nitrogen and oxygen atoms in total. The van der Waals surface area contributed by atoms with Crippen molar-refractivity contribution < 1.29 is 9.53 Å². The van der Waals surface area contributed by atoms with Gasteiger partial charge in [-0.25, -0.2) is 0 Å². The van der Waals surface area contributed by atoms with E-state index in [1.807, 2.05) is 30.6 Å². The van der Waals surface area contributed by atoms with Crippen LogP contribution in [-0.2, 0) is 17.7 Å². The lowest BCUT2D eigenvalue weighted by molar-refractivity contribution is 0.0340. The summed E-state index contributed by atoms with van der Waals surface area (Å²) in [6.07, 6.45) is 8.18. The molecule has 5 rings (SSSR count). The second kappa shape index (κ2) is 10.4. The number of likely N-dealkylation sites (tertiary alicyclic amines) is 1. The van der Waals surface area contributed by atoms with Crippen LogP contribution in [0.1, 0.15) is 40.7 Å². The normalized spacial score (nSPS) is 20.0. The maximum atomic E-state index is 13.5. The van der Waals surface area contributed by atoms with Crippen molar-refractivity contribution in [2.75, 3.05) is 39.4 Å². The van der Waals surface area contributed by atoms with Gasteiger partial charge in [-0.15, -0.1) is 0 Å². The second-order valence-electron chi connectivity index (χ2n) is 9.35. The molecule has 0 N–H and O–H groups in total. The molecule has 0 saturated carbocycles. The summed E-state index contributed by atoms with van der Waals surface area (Å²) >= 11 is 0. The minimum atomic E-state index is 0.191. The molecule has 1 amide bonds. The number of benzene rings is 2. The number of aromatic nitrogens is 1. The van der Waals surface area contributed by atoms with Crippen LogP contribution < -0.4 is 0 Å². The minimum Gasteiger partial charge on any atom is -0.379 e. The van der Waals surface area contributed by atoms with E-state index in [4.69, 9.17) is 4.74 Å². The highest BCUT2D eigenvalue weighted by molar-refractivity contribution is 5.95. The summed E-state index contributed by atoms with van der Waals surface area (Å²) in [6.45, 7) is 5.91. The summed E-state index contributed by atoms with van der Waals surface area (Å²) in [4.78, 5) is 22.3. The van der Waals surface area contributed by atoms with Crippen molar-refractivity contribution in [3.8, 4) is 0 Å². The molecular formula is C28H33N3O2. The average molecular weight is 444 g/mol. The highest BCUT2D eigenvalue weighted by Gasteiger charge is 2.24. The number of amides is 1. The lowest BCUT2D eigenvalue weighted by atomic mass is 9.90. The first-order valence-electron chi connectivity index (χ1n) is 12.3. The van der Waals surface area contributed by atoms with Crippen LogP contribution in [0.2, 0.25) is 0 Å². The molecule has 0 spiro atoms. The Morgan fingerprint density at radius 1 is 0.939 bits per heavy atom. The Morgan fingerprint density at radius 3 is 2.70 bits per heavy atom. The van der Waals surface area contributed by atoms with E-state index in [1.165, 1.54) is 22.8 Å². The van der Waals surface area contributed by atoms with Crippen LogP contribution in [0.4, 0.5) is 0 Å². The molecule has 2 aromatic carbocycles. The molecule has 33 heavy (non-hydrogen) atoms. The quantitative estimate of drug-likeness (QED) is 0.580. The lowest BCUT2D eigenvalue weighted by Crippen LogP contribution is -2.37. The summed E-state index contributed by atoms with van der Waals surface area (Å²) in [5.41, 5.74) is 3.40. The Morgan fingerprint density at radius 2 is 1.79 bits per heavy atom. The zero-order valence-corrected chi connectivity index (χ0v) is 19.3. The van der Waals surface area contributed by atoms with Gasteiger partial charge in [-0.1, -0.05) is 36.4 Å². The topological polar surface area (TPSA) is 45.7 Å². The van der Waals surface area contributed by atoms with Gasteiger partial charge >= 0.3 is 0 Å². The van der Waals surface area contributed by atoms with E-state index in [-0.39, 0.29) is 5.91 Å². The van der Waals surface area contributed by atoms with E-state index in [1.54, 1.807) is 0 Å². The van der Waals surface area contributed by atoms with Crippen molar-refractivity contribution in [1.29, 1.82) is 0 Å². The van der Waals surface area contributed by atoms with Gasteiger partial charge in [-0.05, 0) is 60.2 Å². The molecular weight excluding hydrogens is 410 g/mol. The molecule has 0 radical (unpaired) electrons. The van der Waals surface area contributed by atoms with Crippen molar-refractivity contribution in [3.63, 3.8) is 0 Å². The maximum absolute atomic E-state index is 13.5. The molecule has 3 heterocycles. The van der Waals surface area contributed by atoms with E-state index < -0.39 is 0 Å². The van der Waals surface area contributed by atoms with Crippen LogP contribution in [0.25, 0.3) is 10.8 Å². The van der Waals surface area contributed by atoms with Crippen LogP contribution in [0, 0.1) is 5.92 Å².